The minimum absolute atomic E-state index is 0.0633. The Hall–Kier alpha value is -1.37. The van der Waals surface area contributed by atoms with Gasteiger partial charge in [0.1, 0.15) is 0 Å². The molecule has 5 fully saturated rings. The summed E-state index contributed by atoms with van der Waals surface area (Å²) < 4.78 is 56.5. The van der Waals surface area contributed by atoms with E-state index in [1.807, 2.05) is 13.8 Å². The Morgan fingerprint density at radius 3 is 2.36 bits per heavy atom. The van der Waals surface area contributed by atoms with Crippen LogP contribution in [0.2, 0.25) is 0 Å². The Kier molecular flexibility index (Phi) is 6.87. The van der Waals surface area contributed by atoms with E-state index < -0.39 is 44.7 Å². The quantitative estimate of drug-likeness (QED) is 0.522. The second kappa shape index (κ2) is 9.43. The molecule has 0 radical (unpaired) electrons. The Morgan fingerprint density at radius 2 is 1.75 bits per heavy atom. The molecule has 5 rings (SSSR count). The average Bonchev–Trinajstić information content (AvgIpc) is 3.38. The topological polar surface area (TPSA) is 108 Å². The highest BCUT2D eigenvalue weighted by molar-refractivity contribution is 7.90. The van der Waals surface area contributed by atoms with Gasteiger partial charge >= 0.3 is 6.03 Å². The zero-order valence-electron chi connectivity index (χ0n) is 21.0. The molecule has 0 aromatic rings. The van der Waals surface area contributed by atoms with Gasteiger partial charge in [-0.25, -0.2) is 26.7 Å². The molecule has 0 bridgehead atoms. The molecule has 5 aliphatic rings. The van der Waals surface area contributed by atoms with E-state index in [1.165, 1.54) is 4.90 Å². The zero-order chi connectivity index (χ0) is 25.9. The summed E-state index contributed by atoms with van der Waals surface area (Å²) in [6.45, 7) is 4.23. The van der Waals surface area contributed by atoms with E-state index in [9.17, 15) is 26.8 Å². The number of alkyl halides is 2. The van der Waals surface area contributed by atoms with E-state index >= 15 is 0 Å². The number of hydrogen-bond acceptors (Lipinski definition) is 6. The molecule has 2 saturated heterocycles. The van der Waals surface area contributed by atoms with E-state index in [2.05, 4.69) is 10.2 Å². The first-order valence-electron chi connectivity index (χ1n) is 13.3. The second-order valence-electron chi connectivity index (χ2n) is 12.0. The molecule has 0 aromatic carbocycles. The first-order valence-corrected chi connectivity index (χ1v) is 14.8. The molecular weight excluding hydrogens is 494 g/mol. The molecule has 9 nitrogen and oxygen atoms in total. The summed E-state index contributed by atoms with van der Waals surface area (Å²) in [5.41, 5.74) is 2.47. The number of carbonyl (C=O) groups is 2. The lowest BCUT2D eigenvalue weighted by molar-refractivity contribution is -0.143. The van der Waals surface area contributed by atoms with Gasteiger partial charge in [0, 0.05) is 37.0 Å². The Labute approximate surface area is 211 Å². The fourth-order valence-electron chi connectivity index (χ4n) is 6.30. The molecular formula is C24H38F2N4O5S. The number of urea groups is 1. The van der Waals surface area contributed by atoms with Crippen molar-refractivity contribution in [1.82, 2.24) is 20.0 Å². The minimum atomic E-state index is -3.61. The molecule has 12 heteroatoms. The number of nitrogens with one attached hydrogen (secondary N) is 2. The van der Waals surface area contributed by atoms with Crippen LogP contribution in [0.1, 0.15) is 78.1 Å². The summed E-state index contributed by atoms with van der Waals surface area (Å²) in [5.74, 6) is -3.71. The van der Waals surface area contributed by atoms with Crippen LogP contribution in [0, 0.1) is 11.8 Å². The van der Waals surface area contributed by atoms with Gasteiger partial charge in [-0.2, -0.15) is 5.48 Å². The highest BCUT2D eigenvalue weighted by atomic mass is 32.2. The van der Waals surface area contributed by atoms with Crippen molar-refractivity contribution in [3.8, 4) is 0 Å². The van der Waals surface area contributed by atoms with Gasteiger partial charge in [-0.1, -0.05) is 0 Å². The molecule has 2 N–H and O–H groups in total. The summed E-state index contributed by atoms with van der Waals surface area (Å²) in [5, 5.41) is -0.699. The zero-order valence-corrected chi connectivity index (χ0v) is 21.9. The van der Waals surface area contributed by atoms with Crippen molar-refractivity contribution < 1.29 is 31.6 Å². The Bertz CT molecular complexity index is 981. The lowest BCUT2D eigenvalue weighted by Gasteiger charge is -2.49. The number of rotatable bonds is 7. The van der Waals surface area contributed by atoms with Crippen LogP contribution in [0.3, 0.4) is 0 Å². The van der Waals surface area contributed by atoms with Gasteiger partial charge in [0.25, 0.3) is 0 Å². The third-order valence-corrected chi connectivity index (χ3v) is 10.9. The maximum absolute atomic E-state index is 13.7. The summed E-state index contributed by atoms with van der Waals surface area (Å²) in [6, 6.07) is -0.725. The van der Waals surface area contributed by atoms with Gasteiger partial charge in [-0.05, 0) is 71.1 Å². The van der Waals surface area contributed by atoms with E-state index in [0.29, 0.717) is 38.6 Å². The SMILES string of the molecule is CC1CC(CN2C(=O)C3CC(S(=O)(=O)NC4(C)CC4)CCC3N(CC3CCC(F)(F)CC3)C2=O)ON1. The van der Waals surface area contributed by atoms with Gasteiger partial charge in [-0.3, -0.25) is 14.5 Å². The molecule has 0 spiro atoms. The van der Waals surface area contributed by atoms with Crippen molar-refractivity contribution in [1.29, 1.82) is 0 Å². The highest BCUT2D eigenvalue weighted by Crippen LogP contribution is 2.42. The molecule has 3 aliphatic carbocycles. The van der Waals surface area contributed by atoms with Gasteiger partial charge in [-0.15, -0.1) is 0 Å². The molecule has 3 amide bonds. The third-order valence-electron chi connectivity index (χ3n) is 8.78. The largest absolute Gasteiger partial charge is 0.327 e. The number of carbonyl (C=O) groups excluding carboxylic acids is 2. The van der Waals surface area contributed by atoms with Crippen LogP contribution in [-0.2, 0) is 19.7 Å². The van der Waals surface area contributed by atoms with E-state index in [-0.39, 0.29) is 49.8 Å². The second-order valence-corrected chi connectivity index (χ2v) is 14.0. The summed E-state index contributed by atoms with van der Waals surface area (Å²) in [4.78, 5) is 35.7. The lowest BCUT2D eigenvalue weighted by Crippen LogP contribution is -2.65. The number of imide groups is 1. The first kappa shape index (κ1) is 26.2. The average molecular weight is 533 g/mol. The molecule has 5 unspecified atom stereocenters. The number of halogens is 2. The summed E-state index contributed by atoms with van der Waals surface area (Å²) in [6.07, 6.45) is 3.08. The monoisotopic (exact) mass is 532 g/mol. The van der Waals surface area contributed by atoms with Crippen molar-refractivity contribution in [2.45, 2.75) is 113 Å². The third kappa shape index (κ3) is 5.42. The van der Waals surface area contributed by atoms with Crippen LogP contribution >= 0.6 is 0 Å². The van der Waals surface area contributed by atoms with Gasteiger partial charge in [0.15, 0.2) is 0 Å². The smallest absolute Gasteiger partial charge is 0.320 e. The van der Waals surface area contributed by atoms with Crippen LogP contribution in [0.25, 0.3) is 0 Å². The maximum atomic E-state index is 13.7. The highest BCUT2D eigenvalue weighted by Gasteiger charge is 2.53. The number of sulfonamides is 1. The van der Waals surface area contributed by atoms with E-state index in [1.54, 1.807) is 4.90 Å². The molecule has 204 valence electrons. The Morgan fingerprint density at radius 1 is 1.06 bits per heavy atom. The molecule has 2 aliphatic heterocycles. The van der Waals surface area contributed by atoms with Crippen molar-refractivity contribution in [3.63, 3.8) is 0 Å². The van der Waals surface area contributed by atoms with Gasteiger partial charge < -0.3 is 4.90 Å². The van der Waals surface area contributed by atoms with Crippen molar-refractivity contribution in [3.05, 3.63) is 0 Å². The predicted octanol–water partition coefficient (Wildman–Crippen LogP) is 2.77. The van der Waals surface area contributed by atoms with Crippen LogP contribution < -0.4 is 10.2 Å². The number of nitrogens with zero attached hydrogens (tertiary/aromatic N) is 2. The standard InChI is InChI=1S/C24H38F2N4O5S/c1-15-11-17(35-27-15)14-30-21(31)19-12-18(36(33,34)28-23(2)9-10-23)3-4-20(19)29(22(30)32)13-16-5-7-24(25,26)8-6-16/h15-20,27-28H,3-14H2,1-2H3. The minimum Gasteiger partial charge on any atom is -0.320 e. The predicted molar refractivity (Wildman–Crippen MR) is 127 cm³/mol. The normalized spacial score (nSPS) is 36.7. The van der Waals surface area contributed by atoms with Crippen LogP contribution in [0.4, 0.5) is 13.6 Å². The first-order chi connectivity index (χ1) is 16.9. The van der Waals surface area contributed by atoms with Crippen molar-refractivity contribution in [2.75, 3.05) is 13.1 Å². The molecule has 3 saturated carbocycles. The fourth-order valence-corrected chi connectivity index (χ4v) is 8.27. The van der Waals surface area contributed by atoms with Crippen LogP contribution in [0.5, 0.6) is 0 Å². The summed E-state index contributed by atoms with van der Waals surface area (Å²) in [7, 11) is -3.61. The van der Waals surface area contributed by atoms with Crippen LogP contribution in [0.15, 0.2) is 0 Å². The van der Waals surface area contributed by atoms with Crippen molar-refractivity contribution in [2.24, 2.45) is 11.8 Å². The number of fused-ring (bicyclic) bond motifs is 1. The number of hydrogen-bond donors (Lipinski definition) is 2. The van der Waals surface area contributed by atoms with Crippen molar-refractivity contribution >= 4 is 22.0 Å². The van der Waals surface area contributed by atoms with Crippen LogP contribution in [-0.4, -0.2) is 78.1 Å². The van der Waals surface area contributed by atoms with E-state index in [0.717, 1.165) is 12.8 Å². The number of amides is 3. The molecule has 0 aromatic heterocycles. The molecule has 5 atom stereocenters. The van der Waals surface area contributed by atoms with E-state index in [4.69, 9.17) is 4.84 Å². The number of hydroxylamine groups is 1. The summed E-state index contributed by atoms with van der Waals surface area (Å²) >= 11 is 0. The maximum Gasteiger partial charge on any atom is 0.327 e. The lowest BCUT2D eigenvalue weighted by atomic mass is 9.79. The fraction of sp³-hybridized carbons (Fsp3) is 0.917. The molecule has 2 heterocycles. The molecule has 36 heavy (non-hydrogen) atoms. The Balaban J connectivity index is 1.35. The van der Waals surface area contributed by atoms with Gasteiger partial charge in [0.05, 0.1) is 23.8 Å². The van der Waals surface area contributed by atoms with Gasteiger partial charge in [0.2, 0.25) is 21.9 Å².